The highest BCUT2D eigenvalue weighted by atomic mass is 32.2. The fraction of sp³-hybridized carbons (Fsp3) is 0.263. The third-order valence-electron chi connectivity index (χ3n) is 4.07. The van der Waals surface area contributed by atoms with E-state index in [2.05, 4.69) is 5.32 Å². The lowest BCUT2D eigenvalue weighted by molar-refractivity contribution is -0.127. The molecule has 27 heavy (non-hydrogen) atoms. The largest absolute Gasteiger partial charge is 0.347 e. The second-order valence-corrected chi connectivity index (χ2v) is 8.27. The number of nitrogens with one attached hydrogen (secondary N) is 1. The minimum absolute atomic E-state index is 0.102. The van der Waals surface area contributed by atoms with E-state index in [0.29, 0.717) is 11.3 Å². The van der Waals surface area contributed by atoms with E-state index in [4.69, 9.17) is 0 Å². The topological polar surface area (TPSA) is 86.8 Å². The number of aryl methyl sites for hydroxylation is 1. The lowest BCUT2D eigenvalue weighted by Gasteiger charge is -2.20. The van der Waals surface area contributed by atoms with E-state index in [1.807, 2.05) is 6.92 Å². The third kappa shape index (κ3) is 4.85. The fourth-order valence-corrected chi connectivity index (χ4v) is 3.44. The Morgan fingerprint density at radius 1 is 0.926 bits per heavy atom. The van der Waals surface area contributed by atoms with E-state index in [-0.39, 0.29) is 17.3 Å². The summed E-state index contributed by atoms with van der Waals surface area (Å²) in [5.74, 6) is -0.621. The summed E-state index contributed by atoms with van der Waals surface area (Å²) in [6.45, 7) is 1.78. The summed E-state index contributed by atoms with van der Waals surface area (Å²) < 4.78 is 26.6. The average molecular weight is 389 g/mol. The van der Waals surface area contributed by atoms with Crippen molar-refractivity contribution in [2.24, 2.45) is 0 Å². The normalized spacial score (nSPS) is 11.0. The molecule has 2 aromatic rings. The number of rotatable bonds is 6. The smallest absolute Gasteiger partial charge is 0.264 e. The molecular weight excluding hydrogens is 366 g/mol. The van der Waals surface area contributed by atoms with Gasteiger partial charge in [-0.3, -0.25) is 13.9 Å². The Morgan fingerprint density at radius 2 is 1.48 bits per heavy atom. The number of nitrogens with zero attached hydrogens (tertiary/aromatic N) is 2. The molecule has 0 aromatic heterocycles. The first kappa shape index (κ1) is 20.4. The number of benzene rings is 2. The van der Waals surface area contributed by atoms with Crippen LogP contribution in [0.1, 0.15) is 15.9 Å². The van der Waals surface area contributed by atoms with Gasteiger partial charge in [0.15, 0.2) is 0 Å². The lowest BCUT2D eigenvalue weighted by Crippen LogP contribution is -2.36. The fourth-order valence-electron chi connectivity index (χ4n) is 2.25. The zero-order chi connectivity index (χ0) is 20.2. The summed E-state index contributed by atoms with van der Waals surface area (Å²) >= 11 is 0. The SMILES string of the molecule is Cc1ccc(S(=O)(=O)N(C)c2ccc(C(=O)NCC(=O)N(C)C)cc2)cc1. The van der Waals surface area contributed by atoms with Crippen LogP contribution in [0.15, 0.2) is 53.4 Å². The van der Waals surface area contributed by atoms with Crippen LogP contribution in [0.5, 0.6) is 0 Å². The summed E-state index contributed by atoms with van der Waals surface area (Å²) in [4.78, 5) is 25.2. The highest BCUT2D eigenvalue weighted by Gasteiger charge is 2.21. The van der Waals surface area contributed by atoms with Gasteiger partial charge in [-0.05, 0) is 43.3 Å². The summed E-state index contributed by atoms with van der Waals surface area (Å²) in [5, 5.41) is 2.53. The van der Waals surface area contributed by atoms with Crippen molar-refractivity contribution in [2.75, 3.05) is 32.0 Å². The molecule has 0 heterocycles. The van der Waals surface area contributed by atoms with Crippen LogP contribution in [0.25, 0.3) is 0 Å². The molecule has 0 radical (unpaired) electrons. The van der Waals surface area contributed by atoms with Gasteiger partial charge in [-0.2, -0.15) is 0 Å². The van der Waals surface area contributed by atoms with Crippen LogP contribution in [0.3, 0.4) is 0 Å². The second kappa shape index (κ2) is 8.22. The molecule has 0 aliphatic carbocycles. The van der Waals surface area contributed by atoms with Gasteiger partial charge in [-0.25, -0.2) is 8.42 Å². The summed E-state index contributed by atoms with van der Waals surface area (Å²) in [6.07, 6.45) is 0. The predicted molar refractivity (Wildman–Crippen MR) is 104 cm³/mol. The van der Waals surface area contributed by atoms with Crippen molar-refractivity contribution in [1.82, 2.24) is 10.2 Å². The molecule has 0 fully saturated rings. The van der Waals surface area contributed by atoms with Gasteiger partial charge in [-0.15, -0.1) is 0 Å². The van der Waals surface area contributed by atoms with E-state index in [0.717, 1.165) is 9.87 Å². The van der Waals surface area contributed by atoms with Gasteiger partial charge in [0.05, 0.1) is 17.1 Å². The Balaban J connectivity index is 2.13. The van der Waals surface area contributed by atoms with Crippen LogP contribution >= 0.6 is 0 Å². The standard InChI is InChI=1S/C19H23N3O4S/c1-14-5-11-17(12-6-14)27(25,26)22(4)16-9-7-15(8-10-16)19(24)20-13-18(23)21(2)3/h5-12H,13H2,1-4H3,(H,20,24). The zero-order valence-corrected chi connectivity index (χ0v) is 16.6. The number of sulfonamides is 1. The van der Waals surface area contributed by atoms with Crippen LogP contribution in [0, 0.1) is 6.92 Å². The molecule has 0 bridgehead atoms. The van der Waals surface area contributed by atoms with Gasteiger partial charge in [0.2, 0.25) is 5.91 Å². The zero-order valence-electron chi connectivity index (χ0n) is 15.8. The molecule has 0 atom stereocenters. The first-order valence-electron chi connectivity index (χ1n) is 8.27. The molecule has 0 saturated heterocycles. The summed E-state index contributed by atoms with van der Waals surface area (Å²) in [6, 6.07) is 12.7. The van der Waals surface area contributed by atoms with Crippen LogP contribution in [0.2, 0.25) is 0 Å². The number of carbonyl (C=O) groups is 2. The molecule has 1 N–H and O–H groups in total. The molecule has 7 nitrogen and oxygen atoms in total. The maximum atomic E-state index is 12.7. The van der Waals surface area contributed by atoms with Gasteiger partial charge in [0, 0.05) is 26.7 Å². The monoisotopic (exact) mass is 389 g/mol. The van der Waals surface area contributed by atoms with E-state index in [1.54, 1.807) is 50.5 Å². The maximum absolute atomic E-state index is 12.7. The number of amides is 2. The van der Waals surface area contributed by atoms with Gasteiger partial charge >= 0.3 is 0 Å². The first-order valence-corrected chi connectivity index (χ1v) is 9.71. The maximum Gasteiger partial charge on any atom is 0.264 e. The molecule has 2 amide bonds. The van der Waals surface area contributed by atoms with Crippen LogP contribution in [0.4, 0.5) is 5.69 Å². The van der Waals surface area contributed by atoms with Crippen molar-refractivity contribution in [3.63, 3.8) is 0 Å². The summed E-state index contributed by atoms with van der Waals surface area (Å²) in [5.41, 5.74) is 1.74. The molecule has 8 heteroatoms. The Labute approximate surface area is 159 Å². The van der Waals surface area contributed by atoms with Gasteiger partial charge in [-0.1, -0.05) is 17.7 Å². The predicted octanol–water partition coefficient (Wildman–Crippen LogP) is 1.64. The van der Waals surface area contributed by atoms with Crippen LogP contribution in [-0.2, 0) is 14.8 Å². The number of anilines is 1. The van der Waals surface area contributed by atoms with Gasteiger partial charge in [0.1, 0.15) is 0 Å². The first-order chi connectivity index (χ1) is 12.6. The number of likely N-dealkylation sites (N-methyl/N-ethyl adjacent to an activating group) is 1. The van der Waals surface area contributed by atoms with Crippen molar-refractivity contribution in [3.8, 4) is 0 Å². The summed E-state index contributed by atoms with van der Waals surface area (Å²) in [7, 11) is 0.978. The van der Waals surface area contributed by atoms with Crippen molar-refractivity contribution < 1.29 is 18.0 Å². The molecule has 144 valence electrons. The van der Waals surface area contributed by atoms with Gasteiger partial charge < -0.3 is 10.2 Å². The van der Waals surface area contributed by atoms with E-state index < -0.39 is 15.9 Å². The quantitative estimate of drug-likeness (QED) is 0.814. The Morgan fingerprint density at radius 3 is 2.00 bits per heavy atom. The third-order valence-corrected chi connectivity index (χ3v) is 5.87. The van der Waals surface area contributed by atoms with E-state index in [9.17, 15) is 18.0 Å². The molecule has 2 rings (SSSR count). The van der Waals surface area contributed by atoms with E-state index >= 15 is 0 Å². The minimum atomic E-state index is -3.69. The number of carbonyl (C=O) groups excluding carboxylic acids is 2. The van der Waals surface area contributed by atoms with Crippen LogP contribution < -0.4 is 9.62 Å². The molecule has 0 aliphatic heterocycles. The average Bonchev–Trinajstić information content (AvgIpc) is 2.65. The molecule has 0 unspecified atom stereocenters. The molecule has 2 aromatic carbocycles. The highest BCUT2D eigenvalue weighted by molar-refractivity contribution is 7.92. The Bertz CT molecular complexity index is 920. The van der Waals surface area contributed by atoms with Crippen molar-refractivity contribution in [1.29, 1.82) is 0 Å². The number of hydrogen-bond donors (Lipinski definition) is 1. The van der Waals surface area contributed by atoms with Crippen molar-refractivity contribution in [3.05, 3.63) is 59.7 Å². The van der Waals surface area contributed by atoms with E-state index in [1.165, 1.54) is 24.1 Å². The number of hydrogen-bond acceptors (Lipinski definition) is 4. The molecule has 0 saturated carbocycles. The molecule has 0 spiro atoms. The van der Waals surface area contributed by atoms with Crippen molar-refractivity contribution >= 4 is 27.5 Å². The van der Waals surface area contributed by atoms with Gasteiger partial charge in [0.25, 0.3) is 15.9 Å². The Hall–Kier alpha value is -2.87. The Kier molecular flexibility index (Phi) is 6.22. The molecular formula is C19H23N3O4S. The van der Waals surface area contributed by atoms with Crippen LogP contribution in [-0.4, -0.2) is 52.8 Å². The molecule has 0 aliphatic rings. The minimum Gasteiger partial charge on any atom is -0.347 e. The second-order valence-electron chi connectivity index (χ2n) is 6.30. The van der Waals surface area contributed by atoms with Crippen molar-refractivity contribution in [2.45, 2.75) is 11.8 Å². The lowest BCUT2D eigenvalue weighted by atomic mass is 10.2. The highest BCUT2D eigenvalue weighted by Crippen LogP contribution is 2.22.